The minimum Gasteiger partial charge on any atom is -0.441 e. The van der Waals surface area contributed by atoms with E-state index in [0.29, 0.717) is 37.6 Å². The Bertz CT molecular complexity index is 1130. The lowest BCUT2D eigenvalue weighted by Gasteiger charge is -2.23. The Morgan fingerprint density at radius 3 is 2.19 bits per heavy atom. The van der Waals surface area contributed by atoms with E-state index in [0.717, 1.165) is 17.5 Å². The molecule has 0 aliphatic rings. The quantitative estimate of drug-likeness (QED) is 0.344. The van der Waals surface area contributed by atoms with Gasteiger partial charge in [0.15, 0.2) is 11.7 Å². The van der Waals surface area contributed by atoms with Crippen molar-refractivity contribution in [3.63, 3.8) is 0 Å². The van der Waals surface area contributed by atoms with E-state index in [1.54, 1.807) is 18.3 Å². The summed E-state index contributed by atoms with van der Waals surface area (Å²) in [6.07, 6.45) is 3.14. The number of benzene rings is 3. The van der Waals surface area contributed by atoms with Crippen LogP contribution in [-0.4, -0.2) is 22.3 Å². The first-order chi connectivity index (χ1) is 15.7. The third kappa shape index (κ3) is 5.91. The summed E-state index contributed by atoms with van der Waals surface area (Å²) in [5.41, 5.74) is 3.06. The van der Waals surface area contributed by atoms with Crippen LogP contribution in [0, 0.1) is 5.82 Å². The number of amides is 1. The molecule has 4 rings (SSSR count). The van der Waals surface area contributed by atoms with E-state index in [1.165, 1.54) is 17.7 Å². The van der Waals surface area contributed by atoms with Gasteiger partial charge in [-0.05, 0) is 41.8 Å². The Morgan fingerprint density at radius 1 is 0.844 bits per heavy atom. The summed E-state index contributed by atoms with van der Waals surface area (Å²) < 4.78 is 18.9. The maximum absolute atomic E-state index is 13.1. The molecule has 1 heterocycles. The fourth-order valence-electron chi connectivity index (χ4n) is 3.55. The van der Waals surface area contributed by atoms with Crippen LogP contribution < -0.4 is 0 Å². The van der Waals surface area contributed by atoms with Gasteiger partial charge in [0, 0.05) is 31.5 Å². The number of rotatable bonds is 9. The van der Waals surface area contributed by atoms with Crippen molar-refractivity contribution >= 4 is 5.91 Å². The molecule has 0 aliphatic heterocycles. The van der Waals surface area contributed by atoms with Crippen molar-refractivity contribution in [3.05, 3.63) is 114 Å². The van der Waals surface area contributed by atoms with Gasteiger partial charge in [0.05, 0.1) is 6.20 Å². The molecule has 3 aromatic carbocycles. The van der Waals surface area contributed by atoms with Crippen molar-refractivity contribution in [1.29, 1.82) is 0 Å². The number of aromatic nitrogens is 1. The lowest BCUT2D eigenvalue weighted by atomic mass is 10.1. The number of oxazole rings is 1. The highest BCUT2D eigenvalue weighted by Gasteiger charge is 2.16. The number of halogens is 1. The van der Waals surface area contributed by atoms with Crippen molar-refractivity contribution in [2.45, 2.75) is 25.8 Å². The van der Waals surface area contributed by atoms with Gasteiger partial charge in [-0.25, -0.2) is 9.37 Å². The normalized spacial score (nSPS) is 10.8. The van der Waals surface area contributed by atoms with Gasteiger partial charge in [-0.1, -0.05) is 60.7 Å². The van der Waals surface area contributed by atoms with E-state index in [2.05, 4.69) is 17.1 Å². The molecule has 32 heavy (non-hydrogen) atoms. The van der Waals surface area contributed by atoms with E-state index < -0.39 is 0 Å². The van der Waals surface area contributed by atoms with Crippen LogP contribution in [0.2, 0.25) is 0 Å². The number of carbonyl (C=O) groups is 1. The Balaban J connectivity index is 1.39. The average molecular weight is 429 g/mol. The monoisotopic (exact) mass is 428 g/mol. The molecule has 4 nitrogen and oxygen atoms in total. The molecule has 0 radical (unpaired) electrons. The summed E-state index contributed by atoms with van der Waals surface area (Å²) >= 11 is 0. The highest BCUT2D eigenvalue weighted by molar-refractivity contribution is 5.76. The third-order valence-electron chi connectivity index (χ3n) is 5.32. The average Bonchev–Trinajstić information content (AvgIpc) is 3.31. The van der Waals surface area contributed by atoms with Gasteiger partial charge in [0.1, 0.15) is 5.82 Å². The van der Waals surface area contributed by atoms with Crippen molar-refractivity contribution in [1.82, 2.24) is 9.88 Å². The Kier molecular flexibility index (Phi) is 7.08. The summed E-state index contributed by atoms with van der Waals surface area (Å²) in [6, 6.07) is 26.3. The maximum atomic E-state index is 13.1. The van der Waals surface area contributed by atoms with E-state index >= 15 is 0 Å². The zero-order valence-corrected chi connectivity index (χ0v) is 17.8. The highest BCUT2D eigenvalue weighted by atomic mass is 19.1. The predicted octanol–water partition coefficient (Wildman–Crippen LogP) is 5.68. The van der Waals surface area contributed by atoms with Crippen molar-refractivity contribution in [3.8, 4) is 11.3 Å². The molecule has 162 valence electrons. The third-order valence-corrected chi connectivity index (χ3v) is 5.32. The first kappa shape index (κ1) is 21.5. The summed E-state index contributed by atoms with van der Waals surface area (Å²) in [5.74, 6) is 0.831. The maximum Gasteiger partial charge on any atom is 0.223 e. The molecule has 4 aromatic rings. The molecule has 0 spiro atoms. The minimum absolute atomic E-state index is 0.0614. The van der Waals surface area contributed by atoms with Crippen LogP contribution in [-0.2, 0) is 24.2 Å². The first-order valence-electron chi connectivity index (χ1n) is 10.7. The van der Waals surface area contributed by atoms with Crippen molar-refractivity contribution in [2.24, 2.45) is 0 Å². The second kappa shape index (κ2) is 10.5. The van der Waals surface area contributed by atoms with Crippen LogP contribution in [0.4, 0.5) is 4.39 Å². The van der Waals surface area contributed by atoms with Crippen LogP contribution in [0.15, 0.2) is 95.5 Å². The first-order valence-corrected chi connectivity index (χ1v) is 10.7. The fraction of sp³-hybridized carbons (Fsp3) is 0.185. The number of nitrogens with zero attached hydrogens (tertiary/aromatic N) is 2. The lowest BCUT2D eigenvalue weighted by molar-refractivity contribution is -0.131. The molecular weight excluding hydrogens is 403 g/mol. The van der Waals surface area contributed by atoms with Crippen LogP contribution in [0.1, 0.15) is 23.4 Å². The van der Waals surface area contributed by atoms with E-state index in [9.17, 15) is 9.18 Å². The predicted molar refractivity (Wildman–Crippen MR) is 122 cm³/mol. The van der Waals surface area contributed by atoms with Crippen LogP contribution in [0.5, 0.6) is 0 Å². The van der Waals surface area contributed by atoms with Crippen LogP contribution in [0.3, 0.4) is 0 Å². The molecule has 1 amide bonds. The summed E-state index contributed by atoms with van der Waals surface area (Å²) in [4.78, 5) is 19.3. The van der Waals surface area contributed by atoms with Gasteiger partial charge in [0.25, 0.3) is 0 Å². The van der Waals surface area contributed by atoms with E-state index in [-0.39, 0.29) is 11.7 Å². The Hall–Kier alpha value is -3.73. The van der Waals surface area contributed by atoms with Crippen molar-refractivity contribution < 1.29 is 13.6 Å². The standard InChI is InChI=1S/C27H25FN2O2/c28-24-13-11-23(12-14-24)25-19-29-26(32-25)15-16-27(31)30(20-22-9-5-2-6-10-22)18-17-21-7-3-1-4-8-21/h1-14,19H,15-18,20H2. The van der Waals surface area contributed by atoms with Gasteiger partial charge < -0.3 is 9.32 Å². The van der Waals surface area contributed by atoms with Crippen molar-refractivity contribution in [2.75, 3.05) is 6.54 Å². The second-order valence-corrected chi connectivity index (χ2v) is 7.66. The molecule has 0 N–H and O–H groups in total. The zero-order valence-electron chi connectivity index (χ0n) is 17.8. The van der Waals surface area contributed by atoms with E-state index in [4.69, 9.17) is 4.42 Å². The van der Waals surface area contributed by atoms with Gasteiger partial charge in [-0.15, -0.1) is 0 Å². The summed E-state index contributed by atoms with van der Waals surface area (Å²) in [6.45, 7) is 1.21. The molecule has 1 aromatic heterocycles. The van der Waals surface area contributed by atoms with Gasteiger partial charge in [0.2, 0.25) is 5.91 Å². The minimum atomic E-state index is -0.298. The zero-order chi connectivity index (χ0) is 22.2. The molecule has 0 saturated heterocycles. The molecular formula is C27H25FN2O2. The molecule has 0 aliphatic carbocycles. The fourth-order valence-corrected chi connectivity index (χ4v) is 3.55. The SMILES string of the molecule is O=C(CCc1ncc(-c2ccc(F)cc2)o1)N(CCc1ccccc1)Cc1ccccc1. The van der Waals surface area contributed by atoms with Gasteiger partial charge >= 0.3 is 0 Å². The van der Waals surface area contributed by atoms with Crippen LogP contribution >= 0.6 is 0 Å². The van der Waals surface area contributed by atoms with Gasteiger partial charge in [-0.2, -0.15) is 0 Å². The highest BCUT2D eigenvalue weighted by Crippen LogP contribution is 2.21. The topological polar surface area (TPSA) is 46.3 Å². The van der Waals surface area contributed by atoms with E-state index in [1.807, 2.05) is 53.4 Å². The number of hydrogen-bond acceptors (Lipinski definition) is 3. The second-order valence-electron chi connectivity index (χ2n) is 7.66. The lowest BCUT2D eigenvalue weighted by Crippen LogP contribution is -2.32. The summed E-state index contributed by atoms with van der Waals surface area (Å²) in [7, 11) is 0. The Labute approximate surface area is 187 Å². The molecule has 0 atom stereocenters. The molecule has 5 heteroatoms. The molecule has 0 unspecified atom stereocenters. The van der Waals surface area contributed by atoms with Gasteiger partial charge in [-0.3, -0.25) is 4.79 Å². The van der Waals surface area contributed by atoms with Crippen LogP contribution in [0.25, 0.3) is 11.3 Å². The molecule has 0 saturated carbocycles. The smallest absolute Gasteiger partial charge is 0.223 e. The number of aryl methyl sites for hydroxylation is 1. The molecule has 0 fully saturated rings. The number of hydrogen-bond donors (Lipinski definition) is 0. The number of carbonyl (C=O) groups excluding carboxylic acids is 1. The largest absolute Gasteiger partial charge is 0.441 e. The molecule has 0 bridgehead atoms. The Morgan fingerprint density at radius 2 is 1.50 bits per heavy atom. The summed E-state index contributed by atoms with van der Waals surface area (Å²) in [5, 5.41) is 0.